The molecule has 0 saturated carbocycles. The lowest BCUT2D eigenvalue weighted by molar-refractivity contribution is -0.132. The van der Waals surface area contributed by atoms with Crippen LogP contribution >= 0.6 is 27.5 Å². The topological polar surface area (TPSA) is 93.3 Å². The highest BCUT2D eigenvalue weighted by atomic mass is 79.9. The molecule has 0 spiro atoms. The fourth-order valence-corrected chi connectivity index (χ4v) is 7.72. The second-order valence-corrected chi connectivity index (χ2v) is 12.7. The lowest BCUT2D eigenvalue weighted by atomic mass is 9.80. The number of hydrogen-bond acceptors (Lipinski definition) is 5. The Morgan fingerprint density at radius 1 is 1.03 bits per heavy atom. The normalized spacial score (nSPS) is 25.1. The number of piperidine rings is 1. The number of aryl methyl sites for hydroxylation is 2. The van der Waals surface area contributed by atoms with Crippen LogP contribution in [0.3, 0.4) is 0 Å². The van der Waals surface area contributed by atoms with Gasteiger partial charge in [-0.05, 0) is 108 Å². The predicted molar refractivity (Wildman–Crippen MR) is 156 cm³/mol. The lowest BCUT2D eigenvalue weighted by Gasteiger charge is -2.44. The van der Waals surface area contributed by atoms with Crippen LogP contribution < -0.4 is 5.73 Å². The number of nitrogens with two attached hydrogens (primary N) is 1. The number of hydroxylamine groups is 2. The van der Waals surface area contributed by atoms with Gasteiger partial charge in [-0.25, -0.2) is 4.79 Å². The fraction of sp³-hybridized carbons (Fsp3) is 0.586. The molecular weight excluding hydrogens is 582 g/mol. The highest BCUT2D eigenvalue weighted by molar-refractivity contribution is 9.11. The monoisotopic (exact) mass is 619 g/mol. The van der Waals surface area contributed by atoms with Crippen LogP contribution in [0.5, 0.6) is 0 Å². The third-order valence-corrected chi connectivity index (χ3v) is 9.51. The average molecular weight is 621 g/mol. The van der Waals surface area contributed by atoms with Crippen LogP contribution in [0.4, 0.5) is 4.79 Å². The first kappa shape index (κ1) is 28.5. The summed E-state index contributed by atoms with van der Waals surface area (Å²) in [6, 6.07) is 3.49. The van der Waals surface area contributed by atoms with Gasteiger partial charge in [0.25, 0.3) is 0 Å². The number of allylic oxidation sites excluding steroid dienone is 2. The Hall–Kier alpha value is -2.07. The number of nitrogens with zero attached hydrogens (tertiary/aromatic N) is 4. The van der Waals surface area contributed by atoms with Gasteiger partial charge in [-0.2, -0.15) is 0 Å². The summed E-state index contributed by atoms with van der Waals surface area (Å²) in [5.41, 5.74) is 10.3. The Balaban J connectivity index is 1.35. The first-order chi connectivity index (χ1) is 18.7. The van der Waals surface area contributed by atoms with Crippen molar-refractivity contribution in [1.82, 2.24) is 19.8 Å². The van der Waals surface area contributed by atoms with Gasteiger partial charge in [0.15, 0.2) is 0 Å². The van der Waals surface area contributed by atoms with Crippen LogP contribution in [0.15, 0.2) is 34.5 Å². The van der Waals surface area contributed by atoms with Crippen molar-refractivity contribution in [2.75, 3.05) is 39.3 Å². The SMILES string of the molecule is Cc1cc(Cl)cc2c1[C@@H](N1CCCN(C(=O)CC3CCN(C(N)=O)CC3)CC1)C1C(=CC(Br)=CN1O)CCC2. The van der Waals surface area contributed by atoms with Crippen molar-refractivity contribution in [1.29, 1.82) is 0 Å². The molecule has 3 N–H and O–H groups in total. The second-order valence-electron chi connectivity index (χ2n) is 11.4. The van der Waals surface area contributed by atoms with E-state index < -0.39 is 0 Å². The molecule has 1 aliphatic carbocycles. The smallest absolute Gasteiger partial charge is 0.314 e. The largest absolute Gasteiger partial charge is 0.351 e. The maximum absolute atomic E-state index is 13.3. The molecule has 1 unspecified atom stereocenters. The minimum absolute atomic E-state index is 0.0566. The molecule has 39 heavy (non-hydrogen) atoms. The van der Waals surface area contributed by atoms with Crippen molar-refractivity contribution >= 4 is 39.5 Å². The van der Waals surface area contributed by atoms with Gasteiger partial charge >= 0.3 is 6.03 Å². The molecule has 1 aromatic rings. The molecule has 4 aliphatic rings. The standard InChI is InChI=1S/C29H39BrClN5O3/c1-19-14-24(31)17-21-4-2-5-22-16-23(30)18-36(39)27(22)28(26(19)21)34-9-3-8-33(12-13-34)25(37)15-20-6-10-35(11-7-20)29(32)38/h14,16-18,20,27-28,39H,2-13,15H2,1H3,(H2,32,38)/t27?,28-/m1/s1. The van der Waals surface area contributed by atoms with E-state index in [2.05, 4.69) is 39.9 Å². The van der Waals surface area contributed by atoms with Crippen LogP contribution in [0, 0.1) is 12.8 Å². The zero-order chi connectivity index (χ0) is 27.7. The quantitative estimate of drug-likeness (QED) is 0.498. The number of carbonyl (C=O) groups excluding carboxylic acids is 2. The molecule has 1 aromatic carbocycles. The van der Waals surface area contributed by atoms with E-state index in [-0.39, 0.29) is 24.0 Å². The van der Waals surface area contributed by atoms with Gasteiger partial charge in [0, 0.05) is 61.4 Å². The van der Waals surface area contributed by atoms with Gasteiger partial charge in [0.05, 0.1) is 12.1 Å². The molecule has 2 saturated heterocycles. The van der Waals surface area contributed by atoms with Crippen molar-refractivity contribution in [3.63, 3.8) is 0 Å². The van der Waals surface area contributed by atoms with Crippen molar-refractivity contribution in [2.24, 2.45) is 11.7 Å². The summed E-state index contributed by atoms with van der Waals surface area (Å²) in [6.07, 6.45) is 9.80. The van der Waals surface area contributed by atoms with Crippen LogP contribution in [-0.4, -0.2) is 82.2 Å². The van der Waals surface area contributed by atoms with Gasteiger partial charge < -0.3 is 15.5 Å². The number of likely N-dealkylation sites (tertiary alicyclic amines) is 1. The zero-order valence-electron chi connectivity index (χ0n) is 22.6. The molecule has 10 heteroatoms. The number of benzene rings is 1. The predicted octanol–water partition coefficient (Wildman–Crippen LogP) is 4.98. The molecule has 2 atom stereocenters. The van der Waals surface area contributed by atoms with E-state index in [1.165, 1.54) is 21.8 Å². The maximum Gasteiger partial charge on any atom is 0.314 e. The van der Waals surface area contributed by atoms with E-state index in [1.807, 2.05) is 11.0 Å². The van der Waals surface area contributed by atoms with Crippen molar-refractivity contribution in [3.8, 4) is 0 Å². The molecule has 212 valence electrons. The van der Waals surface area contributed by atoms with Crippen molar-refractivity contribution in [2.45, 2.75) is 64.0 Å². The first-order valence-corrected chi connectivity index (χ1v) is 15.3. The number of halogens is 2. The minimum Gasteiger partial charge on any atom is -0.351 e. The maximum atomic E-state index is 13.3. The van der Waals surface area contributed by atoms with Crippen molar-refractivity contribution in [3.05, 3.63) is 56.2 Å². The first-order valence-electron chi connectivity index (χ1n) is 14.1. The molecule has 0 aromatic heterocycles. The average Bonchev–Trinajstić information content (AvgIpc) is 3.12. The summed E-state index contributed by atoms with van der Waals surface area (Å²) >= 11 is 10.1. The van der Waals surface area contributed by atoms with Gasteiger partial charge in [-0.15, -0.1) is 0 Å². The van der Waals surface area contributed by atoms with Crippen molar-refractivity contribution < 1.29 is 14.8 Å². The van der Waals surface area contributed by atoms with E-state index in [0.29, 0.717) is 32.0 Å². The zero-order valence-corrected chi connectivity index (χ0v) is 25.0. The van der Waals surface area contributed by atoms with Gasteiger partial charge in [0.1, 0.15) is 0 Å². The molecule has 8 nitrogen and oxygen atoms in total. The number of hydrogen-bond donors (Lipinski definition) is 2. The third-order valence-electron chi connectivity index (χ3n) is 8.85. The van der Waals surface area contributed by atoms with Crippen LogP contribution in [-0.2, 0) is 11.2 Å². The number of amides is 3. The number of rotatable bonds is 3. The summed E-state index contributed by atoms with van der Waals surface area (Å²) < 4.78 is 0.873. The second kappa shape index (κ2) is 12.2. The molecule has 2 fully saturated rings. The number of urea groups is 1. The van der Waals surface area contributed by atoms with E-state index in [9.17, 15) is 14.8 Å². The van der Waals surface area contributed by atoms with E-state index >= 15 is 0 Å². The summed E-state index contributed by atoms with van der Waals surface area (Å²) in [6.45, 7) is 6.35. The molecule has 3 aliphatic heterocycles. The summed E-state index contributed by atoms with van der Waals surface area (Å²) in [5, 5.41) is 13.4. The minimum atomic E-state index is -0.374. The van der Waals surface area contributed by atoms with Gasteiger partial charge in [-0.3, -0.25) is 20.0 Å². The summed E-state index contributed by atoms with van der Waals surface area (Å²) in [5.74, 6) is 0.491. The Bertz CT molecular complexity index is 1170. The molecule has 5 rings (SSSR count). The Kier molecular flexibility index (Phi) is 8.91. The highest BCUT2D eigenvalue weighted by Crippen LogP contribution is 2.43. The number of primary amides is 1. The summed E-state index contributed by atoms with van der Waals surface area (Å²) in [4.78, 5) is 30.9. The highest BCUT2D eigenvalue weighted by Gasteiger charge is 2.40. The Morgan fingerprint density at radius 2 is 1.79 bits per heavy atom. The van der Waals surface area contributed by atoms with Crippen LogP contribution in [0.1, 0.15) is 61.3 Å². The van der Waals surface area contributed by atoms with E-state index in [0.717, 1.165) is 73.2 Å². The molecule has 0 bridgehead atoms. The Labute approximate surface area is 244 Å². The molecular formula is C29H39BrClN5O3. The fourth-order valence-electron chi connectivity index (χ4n) is 6.92. The summed E-state index contributed by atoms with van der Waals surface area (Å²) in [7, 11) is 0. The van der Waals surface area contributed by atoms with E-state index in [4.69, 9.17) is 17.3 Å². The third kappa shape index (κ3) is 6.32. The van der Waals surface area contributed by atoms with Gasteiger partial charge in [-0.1, -0.05) is 11.6 Å². The molecule has 0 radical (unpaired) electrons. The lowest BCUT2D eigenvalue weighted by Crippen LogP contribution is -2.48. The van der Waals surface area contributed by atoms with Crippen LogP contribution in [0.25, 0.3) is 0 Å². The number of fused-ring (bicyclic) bond motifs is 2. The molecule has 3 amide bonds. The number of carbonyl (C=O) groups is 2. The molecule has 3 heterocycles. The van der Waals surface area contributed by atoms with Gasteiger partial charge in [0.2, 0.25) is 5.91 Å². The van der Waals surface area contributed by atoms with Crippen LogP contribution in [0.2, 0.25) is 5.02 Å². The Morgan fingerprint density at radius 3 is 2.54 bits per heavy atom. The van der Waals surface area contributed by atoms with E-state index in [1.54, 1.807) is 11.1 Å².